The number of halogens is 2. The van der Waals surface area contributed by atoms with Crippen LogP contribution in [-0.2, 0) is 0 Å². The number of hydrogen-bond donors (Lipinski definition) is 1. The first-order chi connectivity index (χ1) is 7.58. The minimum absolute atomic E-state index is 0.186. The minimum atomic E-state index is -0.692. The summed E-state index contributed by atoms with van der Waals surface area (Å²) in [4.78, 5) is 0. The van der Waals surface area contributed by atoms with Gasteiger partial charge in [0.15, 0.2) is 0 Å². The molecule has 1 saturated carbocycles. The largest absolute Gasteiger partial charge is 0.388 e. The highest BCUT2D eigenvalue weighted by Crippen LogP contribution is 2.39. The summed E-state index contributed by atoms with van der Waals surface area (Å²) in [6, 6.07) is 4.48. The van der Waals surface area contributed by atoms with Gasteiger partial charge in [-0.2, -0.15) is 0 Å². The lowest BCUT2D eigenvalue weighted by atomic mass is 9.93. The van der Waals surface area contributed by atoms with Crippen LogP contribution in [-0.4, -0.2) is 5.11 Å². The van der Waals surface area contributed by atoms with E-state index in [1.165, 1.54) is 6.07 Å². The molecule has 0 saturated heterocycles. The van der Waals surface area contributed by atoms with Gasteiger partial charge in [-0.1, -0.05) is 31.0 Å². The highest BCUT2D eigenvalue weighted by molar-refractivity contribution is 6.30. The molecule has 0 radical (unpaired) electrons. The Hall–Kier alpha value is -0.600. The van der Waals surface area contributed by atoms with Crippen molar-refractivity contribution in [1.82, 2.24) is 0 Å². The molecule has 1 aliphatic rings. The molecule has 0 amide bonds. The van der Waals surface area contributed by atoms with Crippen molar-refractivity contribution >= 4 is 11.6 Å². The Morgan fingerprint density at radius 2 is 2.19 bits per heavy atom. The Morgan fingerprint density at radius 3 is 2.75 bits per heavy atom. The van der Waals surface area contributed by atoms with Crippen LogP contribution in [0.4, 0.5) is 4.39 Å². The number of aliphatic hydroxyl groups excluding tert-OH is 1. The molecule has 0 spiro atoms. The quantitative estimate of drug-likeness (QED) is 0.833. The van der Waals surface area contributed by atoms with E-state index in [-0.39, 0.29) is 5.92 Å². The van der Waals surface area contributed by atoms with Crippen LogP contribution in [0.1, 0.15) is 37.9 Å². The number of aliphatic hydroxyl groups is 1. The van der Waals surface area contributed by atoms with E-state index in [9.17, 15) is 9.50 Å². The van der Waals surface area contributed by atoms with E-state index in [0.29, 0.717) is 16.5 Å². The molecule has 1 aromatic rings. The zero-order valence-electron chi connectivity index (χ0n) is 9.29. The Morgan fingerprint density at radius 1 is 1.44 bits per heavy atom. The normalized spacial score (nSPS) is 27.0. The van der Waals surface area contributed by atoms with Crippen molar-refractivity contribution in [2.75, 3.05) is 0 Å². The molecule has 0 heterocycles. The fourth-order valence-electron chi connectivity index (χ4n) is 2.53. The average Bonchev–Trinajstić information content (AvgIpc) is 2.64. The zero-order valence-corrected chi connectivity index (χ0v) is 10.0. The standard InChI is InChI=1S/C13H16ClFO/c1-8-2-3-9(6-8)13(16)11-5-4-10(14)7-12(11)15/h4-5,7-9,13,16H,2-3,6H2,1H3. The maximum absolute atomic E-state index is 13.6. The zero-order chi connectivity index (χ0) is 11.7. The van der Waals surface area contributed by atoms with Gasteiger partial charge < -0.3 is 5.11 Å². The second kappa shape index (κ2) is 4.72. The molecule has 1 aliphatic carbocycles. The monoisotopic (exact) mass is 242 g/mol. The molecule has 1 N–H and O–H groups in total. The minimum Gasteiger partial charge on any atom is -0.388 e. The first kappa shape index (κ1) is 11.9. The van der Waals surface area contributed by atoms with Crippen molar-refractivity contribution in [3.63, 3.8) is 0 Å². The van der Waals surface area contributed by atoms with Gasteiger partial charge >= 0.3 is 0 Å². The molecule has 3 atom stereocenters. The summed E-state index contributed by atoms with van der Waals surface area (Å²) in [5, 5.41) is 10.5. The first-order valence-electron chi connectivity index (χ1n) is 5.71. The third kappa shape index (κ3) is 2.38. The molecule has 0 aliphatic heterocycles. The molecule has 0 aromatic heterocycles. The number of hydrogen-bond acceptors (Lipinski definition) is 1. The summed E-state index contributed by atoms with van der Waals surface area (Å²) in [5.74, 6) is 0.417. The average molecular weight is 243 g/mol. The van der Waals surface area contributed by atoms with Crippen LogP contribution in [0.5, 0.6) is 0 Å². The lowest BCUT2D eigenvalue weighted by molar-refractivity contribution is 0.106. The lowest BCUT2D eigenvalue weighted by Gasteiger charge is -2.19. The smallest absolute Gasteiger partial charge is 0.130 e. The van der Waals surface area contributed by atoms with Gasteiger partial charge in [0.25, 0.3) is 0 Å². The van der Waals surface area contributed by atoms with Crippen LogP contribution in [0.3, 0.4) is 0 Å². The van der Waals surface area contributed by atoms with Crippen LogP contribution in [0, 0.1) is 17.7 Å². The first-order valence-corrected chi connectivity index (χ1v) is 6.08. The van der Waals surface area contributed by atoms with E-state index in [2.05, 4.69) is 6.92 Å². The van der Waals surface area contributed by atoms with E-state index in [1.54, 1.807) is 12.1 Å². The van der Waals surface area contributed by atoms with Crippen molar-refractivity contribution in [2.24, 2.45) is 11.8 Å². The molecule has 1 fully saturated rings. The fourth-order valence-corrected chi connectivity index (χ4v) is 2.69. The van der Waals surface area contributed by atoms with Crippen molar-refractivity contribution in [2.45, 2.75) is 32.3 Å². The van der Waals surface area contributed by atoms with Crippen molar-refractivity contribution in [3.05, 3.63) is 34.6 Å². The van der Waals surface area contributed by atoms with Gasteiger partial charge in [-0.25, -0.2) is 4.39 Å². The third-order valence-corrected chi connectivity index (χ3v) is 3.70. The SMILES string of the molecule is CC1CCC(C(O)c2ccc(Cl)cc2F)C1. The predicted octanol–water partition coefficient (Wildman–Crippen LogP) is 3.95. The summed E-state index contributed by atoms with van der Waals surface area (Å²) in [6.07, 6.45) is 2.38. The second-order valence-electron chi connectivity index (χ2n) is 4.79. The summed E-state index contributed by atoms with van der Waals surface area (Å²) in [7, 11) is 0. The van der Waals surface area contributed by atoms with Crippen LogP contribution in [0.15, 0.2) is 18.2 Å². The molecule has 1 aromatic carbocycles. The highest BCUT2D eigenvalue weighted by atomic mass is 35.5. The molecule has 16 heavy (non-hydrogen) atoms. The van der Waals surface area contributed by atoms with Gasteiger partial charge in [0, 0.05) is 10.6 Å². The van der Waals surface area contributed by atoms with Gasteiger partial charge in [-0.3, -0.25) is 0 Å². The van der Waals surface area contributed by atoms with E-state index in [1.807, 2.05) is 0 Å². The van der Waals surface area contributed by atoms with Crippen LogP contribution < -0.4 is 0 Å². The van der Waals surface area contributed by atoms with E-state index >= 15 is 0 Å². The van der Waals surface area contributed by atoms with Crippen molar-refractivity contribution < 1.29 is 9.50 Å². The Bertz CT molecular complexity index is 380. The Balaban J connectivity index is 2.17. The van der Waals surface area contributed by atoms with Crippen molar-refractivity contribution in [3.8, 4) is 0 Å². The van der Waals surface area contributed by atoms with Crippen LogP contribution in [0.25, 0.3) is 0 Å². The molecule has 3 heteroatoms. The predicted molar refractivity (Wildman–Crippen MR) is 62.9 cm³/mol. The number of benzene rings is 1. The highest BCUT2D eigenvalue weighted by Gasteiger charge is 2.29. The second-order valence-corrected chi connectivity index (χ2v) is 5.23. The van der Waals surface area contributed by atoms with E-state index in [4.69, 9.17) is 11.6 Å². The maximum Gasteiger partial charge on any atom is 0.130 e. The molecule has 0 bridgehead atoms. The summed E-state index contributed by atoms with van der Waals surface area (Å²) in [6.45, 7) is 2.17. The van der Waals surface area contributed by atoms with Gasteiger partial charge in [-0.05, 0) is 36.8 Å². The maximum atomic E-state index is 13.6. The van der Waals surface area contributed by atoms with Gasteiger partial charge in [0.05, 0.1) is 6.10 Å². The summed E-state index contributed by atoms with van der Waals surface area (Å²) < 4.78 is 13.6. The van der Waals surface area contributed by atoms with Crippen LogP contribution in [0.2, 0.25) is 5.02 Å². The van der Waals surface area contributed by atoms with Crippen LogP contribution >= 0.6 is 11.6 Å². The molecular formula is C13H16ClFO. The van der Waals surface area contributed by atoms with E-state index in [0.717, 1.165) is 19.3 Å². The Kier molecular flexibility index (Phi) is 3.50. The lowest BCUT2D eigenvalue weighted by Crippen LogP contribution is -2.11. The third-order valence-electron chi connectivity index (χ3n) is 3.46. The Labute approximate surface area is 100 Å². The summed E-state index contributed by atoms with van der Waals surface area (Å²) >= 11 is 5.68. The fraction of sp³-hybridized carbons (Fsp3) is 0.538. The number of rotatable bonds is 2. The van der Waals surface area contributed by atoms with E-state index < -0.39 is 11.9 Å². The molecule has 3 unspecified atom stereocenters. The van der Waals surface area contributed by atoms with Gasteiger partial charge in [0.1, 0.15) is 5.82 Å². The van der Waals surface area contributed by atoms with Gasteiger partial charge in [-0.15, -0.1) is 0 Å². The molecule has 88 valence electrons. The molecule has 2 rings (SSSR count). The molecule has 1 nitrogen and oxygen atoms in total. The summed E-state index contributed by atoms with van der Waals surface area (Å²) in [5.41, 5.74) is 0.378. The van der Waals surface area contributed by atoms with Crippen molar-refractivity contribution in [1.29, 1.82) is 0 Å². The van der Waals surface area contributed by atoms with Gasteiger partial charge in [0.2, 0.25) is 0 Å². The molecular weight excluding hydrogens is 227 g/mol. The topological polar surface area (TPSA) is 20.2 Å².